The number of anilines is 1. The Balaban J connectivity index is 1.77. The number of fused-ring (bicyclic) bond motifs is 1. The smallest absolute Gasteiger partial charge is 0.411 e. The number of carbonyl (C=O) groups excluding carboxylic acids is 1. The molecule has 0 spiro atoms. The van der Waals surface area contributed by atoms with Gasteiger partial charge in [-0.3, -0.25) is 5.32 Å². The fraction of sp³-hybridized carbons (Fsp3) is 0.350. The summed E-state index contributed by atoms with van der Waals surface area (Å²) in [5.41, 5.74) is 4.09. The van der Waals surface area contributed by atoms with Crippen LogP contribution in [-0.2, 0) is 16.0 Å². The molecule has 7 heteroatoms. The Labute approximate surface area is 169 Å². The number of methoxy groups -OCH3 is 1. The number of carbonyl (C=O) groups is 1. The molecule has 1 heterocycles. The molecule has 1 unspecified atom stereocenters. The third kappa shape index (κ3) is 4.93. The minimum absolute atomic E-state index is 0.164. The Morgan fingerprint density at radius 1 is 1.22 bits per heavy atom. The van der Waals surface area contributed by atoms with Crippen LogP contribution in [0.5, 0.6) is 0 Å². The normalized spacial score (nSPS) is 16.7. The first kappa shape index (κ1) is 20.0. The summed E-state index contributed by atoms with van der Waals surface area (Å²) in [7, 11) is 3.63. The minimum atomic E-state index is -0.499. The highest BCUT2D eigenvalue weighted by molar-refractivity contribution is 6.35. The van der Waals surface area contributed by atoms with Crippen molar-refractivity contribution in [1.29, 1.82) is 0 Å². The average Bonchev–Trinajstić information content (AvgIpc) is 2.63. The van der Waals surface area contributed by atoms with Crippen molar-refractivity contribution in [3.8, 4) is 0 Å². The van der Waals surface area contributed by atoms with Gasteiger partial charge in [-0.05, 0) is 48.0 Å². The van der Waals surface area contributed by atoms with Gasteiger partial charge in [0.15, 0.2) is 0 Å². The van der Waals surface area contributed by atoms with Gasteiger partial charge in [-0.2, -0.15) is 0 Å². The molecule has 2 aromatic carbocycles. The zero-order valence-electron chi connectivity index (χ0n) is 15.3. The number of amides is 1. The second kappa shape index (κ2) is 8.93. The molecule has 0 aliphatic carbocycles. The predicted octanol–water partition coefficient (Wildman–Crippen LogP) is 4.77. The van der Waals surface area contributed by atoms with Crippen molar-refractivity contribution in [2.24, 2.45) is 0 Å². The zero-order chi connectivity index (χ0) is 19.4. The van der Waals surface area contributed by atoms with Gasteiger partial charge in [0, 0.05) is 41.8 Å². The molecular weight excluding hydrogens is 387 g/mol. The highest BCUT2D eigenvalue weighted by Gasteiger charge is 2.27. The number of hydrogen-bond acceptors (Lipinski definition) is 4. The number of hydrogen-bond donors (Lipinski definition) is 1. The van der Waals surface area contributed by atoms with Gasteiger partial charge >= 0.3 is 6.09 Å². The molecular formula is C20H22Cl2N2O3. The van der Waals surface area contributed by atoms with Gasteiger partial charge in [0.1, 0.15) is 6.61 Å². The minimum Gasteiger partial charge on any atom is -0.447 e. The molecule has 3 rings (SSSR count). The standard InChI is InChI=1S/C20H22Cl2N2O3/c1-24-11-17(16-9-14(21)10-19(22)18(16)12-24)13-3-5-15(6-4-13)23-20(25)27-8-7-26-2/h3-6,9-10,17H,7-8,11-12H2,1-2H3,(H,23,25). The van der Waals surface area contributed by atoms with Crippen LogP contribution in [0.3, 0.4) is 0 Å². The molecule has 0 aromatic heterocycles. The maximum absolute atomic E-state index is 11.7. The molecule has 27 heavy (non-hydrogen) atoms. The lowest BCUT2D eigenvalue weighted by Gasteiger charge is -2.33. The largest absolute Gasteiger partial charge is 0.447 e. The summed E-state index contributed by atoms with van der Waals surface area (Å²) in [4.78, 5) is 14.0. The molecule has 0 fully saturated rings. The number of nitrogens with one attached hydrogen (secondary N) is 1. The molecule has 0 bridgehead atoms. The molecule has 0 saturated heterocycles. The summed E-state index contributed by atoms with van der Waals surface area (Å²) in [6, 6.07) is 11.5. The van der Waals surface area contributed by atoms with E-state index in [2.05, 4.69) is 17.3 Å². The third-order valence-electron chi connectivity index (χ3n) is 4.57. The van der Waals surface area contributed by atoms with Gasteiger partial charge < -0.3 is 14.4 Å². The van der Waals surface area contributed by atoms with E-state index in [1.165, 1.54) is 0 Å². The fourth-order valence-corrected chi connectivity index (χ4v) is 3.87. The van der Waals surface area contributed by atoms with Crippen LogP contribution in [0.4, 0.5) is 10.5 Å². The first-order valence-corrected chi connectivity index (χ1v) is 9.42. The number of halogens is 2. The third-order valence-corrected chi connectivity index (χ3v) is 5.13. The first-order valence-electron chi connectivity index (χ1n) is 8.67. The molecule has 1 amide bonds. The molecule has 0 radical (unpaired) electrons. The number of likely N-dealkylation sites (N-methyl/N-ethyl adjacent to an activating group) is 1. The highest BCUT2D eigenvalue weighted by atomic mass is 35.5. The van der Waals surface area contributed by atoms with Crippen LogP contribution in [0, 0.1) is 0 Å². The van der Waals surface area contributed by atoms with Crippen LogP contribution < -0.4 is 5.32 Å². The molecule has 144 valence electrons. The summed E-state index contributed by atoms with van der Waals surface area (Å²) < 4.78 is 9.86. The van der Waals surface area contributed by atoms with Gasteiger partial charge in [0.2, 0.25) is 0 Å². The number of nitrogens with zero attached hydrogens (tertiary/aromatic N) is 1. The number of benzene rings is 2. The monoisotopic (exact) mass is 408 g/mol. The van der Waals surface area contributed by atoms with Crippen molar-refractivity contribution in [3.63, 3.8) is 0 Å². The van der Waals surface area contributed by atoms with Crippen molar-refractivity contribution in [2.45, 2.75) is 12.5 Å². The van der Waals surface area contributed by atoms with E-state index >= 15 is 0 Å². The summed E-state index contributed by atoms with van der Waals surface area (Å²) in [6.45, 7) is 2.25. The lowest BCUT2D eigenvalue weighted by molar-refractivity contribution is 0.107. The maximum atomic E-state index is 11.7. The maximum Gasteiger partial charge on any atom is 0.411 e. The molecule has 0 saturated carbocycles. The predicted molar refractivity (Wildman–Crippen MR) is 108 cm³/mol. The lowest BCUT2D eigenvalue weighted by Crippen LogP contribution is -2.31. The van der Waals surface area contributed by atoms with Crippen LogP contribution in [0.2, 0.25) is 10.0 Å². The Morgan fingerprint density at radius 3 is 2.67 bits per heavy atom. The number of ether oxygens (including phenoxy) is 2. The molecule has 1 N–H and O–H groups in total. The molecule has 5 nitrogen and oxygen atoms in total. The van der Waals surface area contributed by atoms with Crippen LogP contribution >= 0.6 is 23.2 Å². The highest BCUT2D eigenvalue weighted by Crippen LogP contribution is 2.38. The van der Waals surface area contributed by atoms with Gasteiger partial charge in [0.25, 0.3) is 0 Å². The van der Waals surface area contributed by atoms with Crippen molar-refractivity contribution in [1.82, 2.24) is 4.90 Å². The van der Waals surface area contributed by atoms with Crippen LogP contribution in [-0.4, -0.2) is 44.9 Å². The van der Waals surface area contributed by atoms with Gasteiger partial charge in [0.05, 0.1) is 6.61 Å². The second-order valence-corrected chi connectivity index (χ2v) is 7.42. The van der Waals surface area contributed by atoms with E-state index in [9.17, 15) is 4.79 Å². The molecule has 1 atom stereocenters. The van der Waals surface area contributed by atoms with E-state index < -0.39 is 6.09 Å². The average molecular weight is 409 g/mol. The SMILES string of the molecule is COCCOC(=O)Nc1ccc(C2CN(C)Cc3c(Cl)cc(Cl)cc32)cc1. The van der Waals surface area contributed by atoms with E-state index in [0.717, 1.165) is 29.8 Å². The summed E-state index contributed by atoms with van der Waals surface area (Å²) >= 11 is 12.7. The van der Waals surface area contributed by atoms with E-state index in [4.69, 9.17) is 32.7 Å². The Kier molecular flexibility index (Phi) is 6.60. The lowest BCUT2D eigenvalue weighted by atomic mass is 9.85. The fourth-order valence-electron chi connectivity index (χ4n) is 3.30. The summed E-state index contributed by atoms with van der Waals surface area (Å²) in [5.74, 6) is 0.164. The Hall–Kier alpha value is -1.79. The molecule has 2 aromatic rings. The van der Waals surface area contributed by atoms with E-state index in [0.29, 0.717) is 22.3 Å². The van der Waals surface area contributed by atoms with Gasteiger partial charge in [-0.1, -0.05) is 35.3 Å². The Morgan fingerprint density at radius 2 is 1.96 bits per heavy atom. The van der Waals surface area contributed by atoms with Crippen molar-refractivity contribution in [2.75, 3.05) is 39.2 Å². The summed E-state index contributed by atoms with van der Waals surface area (Å²) in [6.07, 6.45) is -0.499. The van der Waals surface area contributed by atoms with Crippen molar-refractivity contribution >= 4 is 35.0 Å². The van der Waals surface area contributed by atoms with Crippen LogP contribution in [0.25, 0.3) is 0 Å². The van der Waals surface area contributed by atoms with E-state index in [-0.39, 0.29) is 12.5 Å². The Bertz CT molecular complexity index is 812. The molecule has 1 aliphatic heterocycles. The van der Waals surface area contributed by atoms with Crippen LogP contribution in [0.15, 0.2) is 36.4 Å². The molecule has 1 aliphatic rings. The van der Waals surface area contributed by atoms with E-state index in [1.54, 1.807) is 13.2 Å². The zero-order valence-corrected chi connectivity index (χ0v) is 16.8. The van der Waals surface area contributed by atoms with Crippen molar-refractivity contribution < 1.29 is 14.3 Å². The topological polar surface area (TPSA) is 50.8 Å². The number of rotatable bonds is 5. The van der Waals surface area contributed by atoms with E-state index in [1.807, 2.05) is 30.3 Å². The van der Waals surface area contributed by atoms with Crippen molar-refractivity contribution in [3.05, 3.63) is 63.1 Å². The van der Waals surface area contributed by atoms with Gasteiger partial charge in [-0.15, -0.1) is 0 Å². The van der Waals surface area contributed by atoms with Gasteiger partial charge in [-0.25, -0.2) is 4.79 Å². The first-order chi connectivity index (χ1) is 13.0. The summed E-state index contributed by atoms with van der Waals surface area (Å²) in [5, 5.41) is 4.05. The van der Waals surface area contributed by atoms with Crippen LogP contribution in [0.1, 0.15) is 22.6 Å². The second-order valence-electron chi connectivity index (χ2n) is 6.58. The quantitative estimate of drug-likeness (QED) is 0.724.